The summed E-state index contributed by atoms with van der Waals surface area (Å²) in [5.74, 6) is -1.68. The van der Waals surface area contributed by atoms with E-state index in [0.29, 0.717) is 5.69 Å². The Morgan fingerprint density at radius 1 is 1.00 bits per heavy atom. The van der Waals surface area contributed by atoms with E-state index >= 15 is 0 Å². The molecule has 2 aromatic carbocycles. The number of carbonyl (C=O) groups excluding carboxylic acids is 2. The van der Waals surface area contributed by atoms with Crippen LogP contribution in [0, 0.1) is 13.8 Å². The van der Waals surface area contributed by atoms with Gasteiger partial charge in [-0.2, -0.15) is 0 Å². The Morgan fingerprint density at radius 3 is 2.29 bits per heavy atom. The molecule has 0 aliphatic rings. The van der Waals surface area contributed by atoms with Gasteiger partial charge < -0.3 is 5.32 Å². The second-order valence-corrected chi connectivity index (χ2v) is 7.38. The molecule has 0 fully saturated rings. The number of rotatable bonds is 4. The van der Waals surface area contributed by atoms with Crippen molar-refractivity contribution >= 4 is 27.5 Å². The van der Waals surface area contributed by atoms with Crippen LogP contribution in [0.2, 0.25) is 0 Å². The molecule has 0 bridgehead atoms. The molecule has 0 aliphatic heterocycles. The van der Waals surface area contributed by atoms with Gasteiger partial charge in [0.05, 0.1) is 4.90 Å². The van der Waals surface area contributed by atoms with Crippen molar-refractivity contribution in [3.05, 3.63) is 59.7 Å². The van der Waals surface area contributed by atoms with Gasteiger partial charge in [0.25, 0.3) is 0 Å². The number of aryl methyl sites for hydroxylation is 2. The highest BCUT2D eigenvalue weighted by atomic mass is 32.2. The Labute approximate surface area is 140 Å². The monoisotopic (exact) mass is 346 g/mol. The van der Waals surface area contributed by atoms with Crippen LogP contribution in [0.3, 0.4) is 0 Å². The fourth-order valence-corrected chi connectivity index (χ4v) is 3.31. The first-order valence-electron chi connectivity index (χ1n) is 7.24. The Kier molecular flexibility index (Phi) is 5.35. The third-order valence-electron chi connectivity index (χ3n) is 3.31. The largest absolute Gasteiger partial charge is 0.325 e. The summed E-state index contributed by atoms with van der Waals surface area (Å²) < 4.78 is 24.2. The average Bonchev–Trinajstić information content (AvgIpc) is 2.50. The smallest absolute Gasteiger partial charge is 0.307 e. The van der Waals surface area contributed by atoms with Gasteiger partial charge in [0.2, 0.25) is 5.91 Å². The highest BCUT2D eigenvalue weighted by Gasteiger charge is 2.20. The van der Waals surface area contributed by atoms with Crippen LogP contribution in [-0.2, 0) is 14.6 Å². The van der Waals surface area contributed by atoms with Crippen LogP contribution in [-0.4, -0.2) is 26.1 Å². The second kappa shape index (κ2) is 7.27. The molecule has 0 radical (unpaired) electrons. The topological polar surface area (TPSA) is 92.3 Å². The predicted molar refractivity (Wildman–Crippen MR) is 91.6 cm³/mol. The first kappa shape index (κ1) is 17.7. The van der Waals surface area contributed by atoms with Gasteiger partial charge in [-0.25, -0.2) is 13.2 Å². The second-order valence-electron chi connectivity index (χ2n) is 5.39. The summed E-state index contributed by atoms with van der Waals surface area (Å²) in [4.78, 5) is 23.7. The summed E-state index contributed by atoms with van der Waals surface area (Å²) in [7, 11) is -3.78. The normalized spacial score (nSPS) is 10.9. The number of hydrogen-bond donors (Lipinski definition) is 2. The SMILES string of the molecule is Cc1ccc(NC(=O)NC(=O)CS(=O)(=O)c2ccccc2)c(C)c1. The zero-order chi connectivity index (χ0) is 17.7. The van der Waals surface area contributed by atoms with Gasteiger partial charge in [-0.05, 0) is 37.6 Å². The van der Waals surface area contributed by atoms with Crippen molar-refractivity contribution in [2.24, 2.45) is 0 Å². The zero-order valence-corrected chi connectivity index (χ0v) is 14.2. The van der Waals surface area contributed by atoms with E-state index in [-0.39, 0.29) is 4.90 Å². The summed E-state index contributed by atoms with van der Waals surface area (Å²) in [6.07, 6.45) is 0. The minimum absolute atomic E-state index is 0.0370. The molecule has 126 valence electrons. The van der Waals surface area contributed by atoms with Gasteiger partial charge in [0.1, 0.15) is 5.75 Å². The van der Waals surface area contributed by atoms with Gasteiger partial charge in [-0.15, -0.1) is 0 Å². The lowest BCUT2D eigenvalue weighted by Crippen LogP contribution is -2.38. The lowest BCUT2D eigenvalue weighted by atomic mass is 10.1. The van der Waals surface area contributed by atoms with Crippen molar-refractivity contribution in [2.75, 3.05) is 11.1 Å². The van der Waals surface area contributed by atoms with Crippen molar-refractivity contribution in [3.8, 4) is 0 Å². The number of urea groups is 1. The molecule has 2 N–H and O–H groups in total. The van der Waals surface area contributed by atoms with E-state index < -0.39 is 27.5 Å². The highest BCUT2D eigenvalue weighted by molar-refractivity contribution is 7.92. The van der Waals surface area contributed by atoms with E-state index in [0.717, 1.165) is 11.1 Å². The molecular formula is C17H18N2O4S. The molecule has 2 rings (SSSR count). The first-order chi connectivity index (χ1) is 11.3. The molecule has 0 aliphatic carbocycles. The molecule has 0 heterocycles. The van der Waals surface area contributed by atoms with Crippen LogP contribution in [0.1, 0.15) is 11.1 Å². The molecule has 7 heteroatoms. The number of nitrogens with one attached hydrogen (secondary N) is 2. The van der Waals surface area contributed by atoms with Crippen molar-refractivity contribution in [1.29, 1.82) is 0 Å². The minimum Gasteiger partial charge on any atom is -0.307 e. The third kappa shape index (κ3) is 4.66. The number of carbonyl (C=O) groups is 2. The van der Waals surface area contributed by atoms with Crippen LogP contribution in [0.25, 0.3) is 0 Å². The first-order valence-corrected chi connectivity index (χ1v) is 8.89. The fourth-order valence-electron chi connectivity index (χ4n) is 2.15. The maximum atomic E-state index is 12.1. The molecule has 24 heavy (non-hydrogen) atoms. The van der Waals surface area contributed by atoms with E-state index in [9.17, 15) is 18.0 Å². The standard InChI is InChI=1S/C17H18N2O4S/c1-12-8-9-15(13(2)10-12)18-17(21)19-16(20)11-24(22,23)14-6-4-3-5-7-14/h3-10H,11H2,1-2H3,(H2,18,19,20,21). The number of sulfone groups is 1. The van der Waals surface area contributed by atoms with E-state index in [1.54, 1.807) is 24.3 Å². The van der Waals surface area contributed by atoms with E-state index in [2.05, 4.69) is 5.32 Å². The summed E-state index contributed by atoms with van der Waals surface area (Å²) in [6, 6.07) is 12.3. The van der Waals surface area contributed by atoms with Crippen molar-refractivity contribution in [3.63, 3.8) is 0 Å². The molecule has 0 unspecified atom stereocenters. The van der Waals surface area contributed by atoms with Crippen LogP contribution >= 0.6 is 0 Å². The van der Waals surface area contributed by atoms with E-state index in [4.69, 9.17) is 0 Å². The van der Waals surface area contributed by atoms with Gasteiger partial charge in [-0.1, -0.05) is 35.9 Å². The van der Waals surface area contributed by atoms with Crippen LogP contribution < -0.4 is 10.6 Å². The summed E-state index contributed by atoms with van der Waals surface area (Å²) in [6.45, 7) is 3.75. The summed E-state index contributed by atoms with van der Waals surface area (Å²) in [5.41, 5.74) is 2.44. The van der Waals surface area contributed by atoms with E-state index in [1.807, 2.05) is 31.3 Å². The van der Waals surface area contributed by atoms with Gasteiger partial charge in [0, 0.05) is 5.69 Å². The van der Waals surface area contributed by atoms with Crippen LogP contribution in [0.5, 0.6) is 0 Å². The number of amides is 3. The van der Waals surface area contributed by atoms with Gasteiger partial charge >= 0.3 is 6.03 Å². The Bertz CT molecular complexity index is 861. The molecule has 6 nitrogen and oxygen atoms in total. The maximum absolute atomic E-state index is 12.1. The van der Waals surface area contributed by atoms with Crippen molar-refractivity contribution < 1.29 is 18.0 Å². The zero-order valence-electron chi connectivity index (χ0n) is 13.4. The summed E-state index contributed by atoms with van der Waals surface area (Å²) >= 11 is 0. The molecule has 0 aromatic heterocycles. The molecule has 0 saturated carbocycles. The number of imide groups is 1. The maximum Gasteiger partial charge on any atom is 0.325 e. The Balaban J connectivity index is 1.98. The third-order valence-corrected chi connectivity index (χ3v) is 4.94. The molecule has 0 atom stereocenters. The highest BCUT2D eigenvalue weighted by Crippen LogP contribution is 2.15. The Morgan fingerprint density at radius 2 is 1.67 bits per heavy atom. The van der Waals surface area contributed by atoms with E-state index in [1.165, 1.54) is 12.1 Å². The van der Waals surface area contributed by atoms with Gasteiger partial charge in [0.15, 0.2) is 9.84 Å². The quantitative estimate of drug-likeness (QED) is 0.889. The molecule has 2 aromatic rings. The predicted octanol–water partition coefficient (Wildman–Crippen LogP) is 2.43. The number of hydrogen-bond acceptors (Lipinski definition) is 4. The molecule has 0 saturated heterocycles. The lowest BCUT2D eigenvalue weighted by molar-refractivity contribution is -0.117. The van der Waals surface area contributed by atoms with Crippen LogP contribution in [0.15, 0.2) is 53.4 Å². The van der Waals surface area contributed by atoms with Gasteiger partial charge in [-0.3, -0.25) is 10.1 Å². The molecular weight excluding hydrogens is 328 g/mol. The van der Waals surface area contributed by atoms with Crippen LogP contribution in [0.4, 0.5) is 10.5 Å². The molecule has 0 spiro atoms. The van der Waals surface area contributed by atoms with Crippen molar-refractivity contribution in [1.82, 2.24) is 5.32 Å². The summed E-state index contributed by atoms with van der Waals surface area (Å²) in [5, 5.41) is 4.56. The lowest BCUT2D eigenvalue weighted by Gasteiger charge is -2.10. The van der Waals surface area contributed by atoms with Crippen molar-refractivity contribution in [2.45, 2.75) is 18.7 Å². The minimum atomic E-state index is -3.78. The Hall–Kier alpha value is -2.67. The molecule has 3 amide bonds. The number of benzene rings is 2. The number of anilines is 1. The average molecular weight is 346 g/mol. The fraction of sp³-hybridized carbons (Fsp3) is 0.176.